The van der Waals surface area contributed by atoms with Crippen LogP contribution in [0.15, 0.2) is 0 Å². The second-order valence-corrected chi connectivity index (χ2v) is 4.77. The number of carboxylic acid groups (broad SMARTS) is 2. The molecule has 0 spiro atoms. The van der Waals surface area contributed by atoms with Crippen molar-refractivity contribution in [2.24, 2.45) is 11.1 Å². The summed E-state index contributed by atoms with van der Waals surface area (Å²) in [7, 11) is 0. The molecule has 1 amide bonds. The van der Waals surface area contributed by atoms with Gasteiger partial charge in [0.15, 0.2) is 0 Å². The molecule has 0 radical (unpaired) electrons. The Bertz CT molecular complexity index is 339. The Kier molecular flexibility index (Phi) is 7.06. The first kappa shape index (κ1) is 17.4. The number of amides is 1. The highest BCUT2D eigenvalue weighted by atomic mass is 16.4. The minimum absolute atomic E-state index is 0.0811. The number of nitrogens with one attached hydrogen (secondary N) is 1. The van der Waals surface area contributed by atoms with Crippen LogP contribution in [0.25, 0.3) is 0 Å². The molecule has 0 bridgehead atoms. The number of hydrogen-bond donors (Lipinski definition) is 4. The molecule has 110 valence electrons. The minimum atomic E-state index is -1.17. The largest absolute Gasteiger partial charge is 0.481 e. The van der Waals surface area contributed by atoms with Crippen molar-refractivity contribution in [3.05, 3.63) is 0 Å². The van der Waals surface area contributed by atoms with Crippen molar-refractivity contribution in [3.63, 3.8) is 0 Å². The number of carbonyl (C=O) groups is 3. The van der Waals surface area contributed by atoms with Gasteiger partial charge >= 0.3 is 11.9 Å². The number of hydrogen-bond acceptors (Lipinski definition) is 4. The Morgan fingerprint density at radius 1 is 1.32 bits per heavy atom. The van der Waals surface area contributed by atoms with Gasteiger partial charge in [-0.05, 0) is 26.2 Å². The first-order valence-corrected chi connectivity index (χ1v) is 6.22. The van der Waals surface area contributed by atoms with Crippen molar-refractivity contribution in [1.29, 1.82) is 0 Å². The van der Waals surface area contributed by atoms with E-state index in [9.17, 15) is 14.4 Å². The molecular weight excluding hydrogens is 252 g/mol. The van der Waals surface area contributed by atoms with E-state index >= 15 is 0 Å². The third-order valence-electron chi connectivity index (χ3n) is 3.27. The van der Waals surface area contributed by atoms with E-state index in [1.54, 1.807) is 13.8 Å². The molecule has 1 unspecified atom stereocenters. The summed E-state index contributed by atoms with van der Waals surface area (Å²) in [6.07, 6.45) is 0.647. The van der Waals surface area contributed by atoms with E-state index in [1.165, 1.54) is 0 Å². The molecule has 2 atom stereocenters. The van der Waals surface area contributed by atoms with Gasteiger partial charge in [0.2, 0.25) is 5.91 Å². The van der Waals surface area contributed by atoms with E-state index in [2.05, 4.69) is 5.32 Å². The summed E-state index contributed by atoms with van der Waals surface area (Å²) in [5.74, 6) is -2.58. The van der Waals surface area contributed by atoms with E-state index in [-0.39, 0.29) is 25.8 Å². The summed E-state index contributed by atoms with van der Waals surface area (Å²) in [5, 5.41) is 19.9. The fraction of sp³-hybridized carbons (Fsp3) is 0.750. The van der Waals surface area contributed by atoms with Gasteiger partial charge in [0.05, 0.1) is 5.41 Å². The Morgan fingerprint density at radius 2 is 1.89 bits per heavy atom. The third-order valence-corrected chi connectivity index (χ3v) is 3.27. The van der Waals surface area contributed by atoms with Gasteiger partial charge < -0.3 is 21.3 Å². The molecule has 0 aromatic rings. The lowest BCUT2D eigenvalue weighted by molar-refractivity contribution is -0.144. The summed E-state index contributed by atoms with van der Waals surface area (Å²) in [5.41, 5.74) is 4.72. The van der Waals surface area contributed by atoms with E-state index < -0.39 is 29.3 Å². The monoisotopic (exact) mass is 274 g/mol. The molecular formula is C12H22N2O5. The number of carboxylic acids is 2. The van der Waals surface area contributed by atoms with Gasteiger partial charge in [0, 0.05) is 13.0 Å². The number of carbonyl (C=O) groups excluding carboxylic acids is 1. The summed E-state index contributed by atoms with van der Waals surface area (Å²) in [6.45, 7) is 3.59. The fourth-order valence-corrected chi connectivity index (χ4v) is 1.44. The maximum absolute atomic E-state index is 12.0. The first-order valence-electron chi connectivity index (χ1n) is 6.22. The SMILES string of the molecule is CCC(C)(CN)C(=O)N[C@H](CCCC(=O)O)C(=O)O. The molecule has 0 aliphatic rings. The van der Waals surface area contributed by atoms with Crippen LogP contribution in [-0.4, -0.2) is 40.6 Å². The average Bonchev–Trinajstić information content (AvgIpc) is 2.35. The molecule has 0 aromatic heterocycles. The number of rotatable bonds is 9. The van der Waals surface area contributed by atoms with Gasteiger partial charge in [0.1, 0.15) is 6.04 Å². The maximum Gasteiger partial charge on any atom is 0.326 e. The molecule has 0 fully saturated rings. The van der Waals surface area contributed by atoms with E-state index in [0.717, 1.165) is 0 Å². The van der Waals surface area contributed by atoms with Crippen LogP contribution in [0, 0.1) is 5.41 Å². The minimum Gasteiger partial charge on any atom is -0.481 e. The second-order valence-electron chi connectivity index (χ2n) is 4.77. The number of nitrogens with two attached hydrogens (primary N) is 1. The smallest absolute Gasteiger partial charge is 0.326 e. The quantitative estimate of drug-likeness (QED) is 0.474. The zero-order valence-corrected chi connectivity index (χ0v) is 11.3. The molecule has 5 N–H and O–H groups in total. The zero-order valence-electron chi connectivity index (χ0n) is 11.3. The van der Waals surface area contributed by atoms with Crippen LogP contribution < -0.4 is 11.1 Å². The highest BCUT2D eigenvalue weighted by Gasteiger charge is 2.32. The molecule has 0 saturated carbocycles. The topological polar surface area (TPSA) is 130 Å². The molecule has 7 heteroatoms. The van der Waals surface area contributed by atoms with Gasteiger partial charge in [-0.25, -0.2) is 4.79 Å². The van der Waals surface area contributed by atoms with Crippen LogP contribution in [0.4, 0.5) is 0 Å². The Labute approximate surface area is 112 Å². The summed E-state index contributed by atoms with van der Waals surface area (Å²) in [4.78, 5) is 33.4. The van der Waals surface area contributed by atoms with E-state index in [0.29, 0.717) is 6.42 Å². The predicted molar refractivity (Wildman–Crippen MR) is 68.5 cm³/mol. The molecule has 0 saturated heterocycles. The summed E-state index contributed by atoms with van der Waals surface area (Å²) in [6, 6.07) is -1.08. The number of aliphatic carboxylic acids is 2. The van der Waals surface area contributed by atoms with Crippen LogP contribution in [0.2, 0.25) is 0 Å². The van der Waals surface area contributed by atoms with Crippen molar-refractivity contribution < 1.29 is 24.6 Å². The summed E-state index contributed by atoms with van der Waals surface area (Å²) >= 11 is 0. The van der Waals surface area contributed by atoms with Crippen molar-refractivity contribution in [3.8, 4) is 0 Å². The van der Waals surface area contributed by atoms with Crippen LogP contribution in [-0.2, 0) is 14.4 Å². The van der Waals surface area contributed by atoms with Crippen molar-refractivity contribution in [2.45, 2.75) is 45.6 Å². The van der Waals surface area contributed by atoms with Gasteiger partial charge in [-0.15, -0.1) is 0 Å². The van der Waals surface area contributed by atoms with Crippen molar-refractivity contribution >= 4 is 17.8 Å². The molecule has 0 aromatic carbocycles. The van der Waals surface area contributed by atoms with Gasteiger partial charge in [-0.2, -0.15) is 0 Å². The Balaban J connectivity index is 4.54. The van der Waals surface area contributed by atoms with Crippen LogP contribution in [0.3, 0.4) is 0 Å². The molecule has 0 aliphatic heterocycles. The van der Waals surface area contributed by atoms with Gasteiger partial charge in [0.25, 0.3) is 0 Å². The maximum atomic E-state index is 12.0. The van der Waals surface area contributed by atoms with Crippen LogP contribution in [0.1, 0.15) is 39.5 Å². The van der Waals surface area contributed by atoms with E-state index in [4.69, 9.17) is 15.9 Å². The molecule has 0 heterocycles. The Hall–Kier alpha value is -1.63. The average molecular weight is 274 g/mol. The molecule has 0 aliphatic carbocycles. The zero-order chi connectivity index (χ0) is 15.1. The lowest BCUT2D eigenvalue weighted by Crippen LogP contribution is -2.50. The first-order chi connectivity index (χ1) is 8.76. The third kappa shape index (κ3) is 5.69. The normalized spacial score (nSPS) is 15.3. The molecule has 0 rings (SSSR count). The lowest BCUT2D eigenvalue weighted by atomic mass is 9.86. The van der Waals surface area contributed by atoms with Crippen molar-refractivity contribution in [2.75, 3.05) is 6.54 Å². The lowest BCUT2D eigenvalue weighted by Gasteiger charge is -2.27. The van der Waals surface area contributed by atoms with Gasteiger partial charge in [-0.1, -0.05) is 6.92 Å². The Morgan fingerprint density at radius 3 is 2.26 bits per heavy atom. The molecule has 19 heavy (non-hydrogen) atoms. The predicted octanol–water partition coefficient (Wildman–Crippen LogP) is 0.186. The van der Waals surface area contributed by atoms with Crippen LogP contribution in [0.5, 0.6) is 0 Å². The fourth-order valence-electron chi connectivity index (χ4n) is 1.44. The standard InChI is InChI=1S/C12H22N2O5/c1-3-12(2,7-13)11(19)14-8(10(17)18)5-4-6-9(15)16/h8H,3-7,13H2,1-2H3,(H,14,19)(H,15,16)(H,17,18)/t8-,12?/m1/s1. The van der Waals surface area contributed by atoms with Crippen LogP contribution >= 0.6 is 0 Å². The van der Waals surface area contributed by atoms with E-state index in [1.807, 2.05) is 0 Å². The highest BCUT2D eigenvalue weighted by Crippen LogP contribution is 2.19. The van der Waals surface area contributed by atoms with Gasteiger partial charge in [-0.3, -0.25) is 9.59 Å². The van der Waals surface area contributed by atoms with Crippen molar-refractivity contribution in [1.82, 2.24) is 5.32 Å². The summed E-state index contributed by atoms with van der Waals surface area (Å²) < 4.78 is 0. The highest BCUT2D eigenvalue weighted by molar-refractivity contribution is 5.87. The molecule has 7 nitrogen and oxygen atoms in total. The second kappa shape index (κ2) is 7.73.